The van der Waals surface area contributed by atoms with E-state index in [0.717, 1.165) is 12.2 Å². The van der Waals surface area contributed by atoms with E-state index in [-0.39, 0.29) is 5.38 Å². The Morgan fingerprint density at radius 1 is 1.70 bits per heavy atom. The summed E-state index contributed by atoms with van der Waals surface area (Å²) in [5.41, 5.74) is 0. The first-order valence-electron chi connectivity index (χ1n) is 3.60. The van der Waals surface area contributed by atoms with E-state index in [1.54, 1.807) is 0 Å². The van der Waals surface area contributed by atoms with Crippen molar-refractivity contribution in [2.24, 2.45) is 0 Å². The van der Waals surface area contributed by atoms with E-state index >= 15 is 0 Å². The summed E-state index contributed by atoms with van der Waals surface area (Å²) < 4.78 is 5.27. The van der Waals surface area contributed by atoms with Gasteiger partial charge in [0.25, 0.3) is 0 Å². The van der Waals surface area contributed by atoms with Crippen LogP contribution in [0, 0.1) is 0 Å². The summed E-state index contributed by atoms with van der Waals surface area (Å²) in [5, 5.41) is 0.0974. The molecular formula is C8H15ClO. The van der Waals surface area contributed by atoms with E-state index in [4.69, 9.17) is 16.3 Å². The van der Waals surface area contributed by atoms with Crippen molar-refractivity contribution >= 4 is 11.6 Å². The van der Waals surface area contributed by atoms with Crippen molar-refractivity contribution in [1.29, 1.82) is 0 Å². The van der Waals surface area contributed by atoms with Crippen LogP contribution in [-0.2, 0) is 4.74 Å². The van der Waals surface area contributed by atoms with Gasteiger partial charge in [-0.15, -0.1) is 11.6 Å². The molecule has 0 radical (unpaired) electrons. The Labute approximate surface area is 68.0 Å². The predicted molar refractivity (Wildman–Crippen MR) is 45.3 cm³/mol. The monoisotopic (exact) mass is 162 g/mol. The van der Waals surface area contributed by atoms with E-state index in [1.165, 1.54) is 0 Å². The lowest BCUT2D eigenvalue weighted by molar-refractivity contribution is 0.216. The normalized spacial score (nSPS) is 15.0. The topological polar surface area (TPSA) is 9.23 Å². The van der Waals surface area contributed by atoms with Gasteiger partial charge in [-0.2, -0.15) is 0 Å². The van der Waals surface area contributed by atoms with Gasteiger partial charge in [0.1, 0.15) is 6.61 Å². The zero-order valence-corrected chi connectivity index (χ0v) is 7.61. The third kappa shape index (κ3) is 5.96. The van der Waals surface area contributed by atoms with Gasteiger partial charge in [-0.05, 0) is 26.3 Å². The molecule has 0 aromatic heterocycles. The second-order valence-corrected chi connectivity index (χ2v) is 3.06. The van der Waals surface area contributed by atoms with Crippen molar-refractivity contribution in [2.45, 2.75) is 32.6 Å². The molecule has 10 heavy (non-hydrogen) atoms. The van der Waals surface area contributed by atoms with Gasteiger partial charge in [0, 0.05) is 0 Å². The summed E-state index contributed by atoms with van der Waals surface area (Å²) in [6.07, 6.45) is 3.06. The van der Waals surface area contributed by atoms with Crippen LogP contribution in [0.15, 0.2) is 11.8 Å². The van der Waals surface area contributed by atoms with Crippen LogP contribution in [0.3, 0.4) is 0 Å². The maximum absolute atomic E-state index is 5.67. The molecule has 1 unspecified atom stereocenters. The Balaban J connectivity index is 3.39. The maximum atomic E-state index is 5.67. The van der Waals surface area contributed by atoms with E-state index < -0.39 is 0 Å². The quantitative estimate of drug-likeness (QED) is 0.456. The Kier molecular flexibility index (Phi) is 5.51. The predicted octanol–water partition coefficient (Wildman–Crippen LogP) is 2.94. The molecule has 0 aliphatic heterocycles. The lowest BCUT2D eigenvalue weighted by Crippen LogP contribution is -2.02. The van der Waals surface area contributed by atoms with Crippen molar-refractivity contribution in [2.75, 3.05) is 6.61 Å². The molecule has 1 nitrogen and oxygen atoms in total. The van der Waals surface area contributed by atoms with Gasteiger partial charge >= 0.3 is 0 Å². The number of hydrogen-bond acceptors (Lipinski definition) is 1. The van der Waals surface area contributed by atoms with Crippen molar-refractivity contribution in [3.63, 3.8) is 0 Å². The van der Waals surface area contributed by atoms with Crippen LogP contribution >= 0.6 is 11.6 Å². The standard InChI is InChI=1S/C8H15ClO/c1-4-5-8(3)10-6-7(2)9/h5,7H,4,6H2,1-3H3/b8-5+. The first kappa shape index (κ1) is 9.83. The molecule has 0 aliphatic rings. The third-order valence-corrected chi connectivity index (χ3v) is 1.16. The minimum absolute atomic E-state index is 0.0974. The van der Waals surface area contributed by atoms with E-state index in [0.29, 0.717) is 6.61 Å². The molecule has 0 bridgehead atoms. The van der Waals surface area contributed by atoms with E-state index in [9.17, 15) is 0 Å². The van der Waals surface area contributed by atoms with Crippen molar-refractivity contribution in [3.8, 4) is 0 Å². The summed E-state index contributed by atoms with van der Waals surface area (Å²) in [5.74, 6) is 0.968. The number of allylic oxidation sites excluding steroid dienone is 2. The summed E-state index contributed by atoms with van der Waals surface area (Å²) in [6.45, 7) is 6.55. The highest BCUT2D eigenvalue weighted by molar-refractivity contribution is 6.20. The molecule has 0 saturated heterocycles. The van der Waals surface area contributed by atoms with E-state index in [1.807, 2.05) is 19.9 Å². The molecular weight excluding hydrogens is 148 g/mol. The minimum Gasteiger partial charge on any atom is -0.497 e. The summed E-state index contributed by atoms with van der Waals surface area (Å²) in [7, 11) is 0. The molecule has 0 rings (SSSR count). The number of hydrogen-bond donors (Lipinski definition) is 0. The fourth-order valence-corrected chi connectivity index (χ4v) is 0.656. The lowest BCUT2D eigenvalue weighted by Gasteiger charge is -2.06. The van der Waals surface area contributed by atoms with Crippen LogP contribution in [0.1, 0.15) is 27.2 Å². The van der Waals surface area contributed by atoms with Gasteiger partial charge in [-0.3, -0.25) is 0 Å². The molecule has 0 aromatic rings. The van der Waals surface area contributed by atoms with Crippen LogP contribution < -0.4 is 0 Å². The van der Waals surface area contributed by atoms with Gasteiger partial charge in [-0.25, -0.2) is 0 Å². The number of rotatable bonds is 4. The summed E-state index contributed by atoms with van der Waals surface area (Å²) in [6, 6.07) is 0. The van der Waals surface area contributed by atoms with Crippen LogP contribution in [0.2, 0.25) is 0 Å². The molecule has 0 aromatic carbocycles. The Bertz CT molecular complexity index is 108. The molecule has 0 amide bonds. The first-order chi connectivity index (χ1) is 4.66. The first-order valence-corrected chi connectivity index (χ1v) is 4.04. The van der Waals surface area contributed by atoms with E-state index in [2.05, 4.69) is 6.92 Å². The Morgan fingerprint density at radius 2 is 2.30 bits per heavy atom. The van der Waals surface area contributed by atoms with Crippen LogP contribution in [0.5, 0.6) is 0 Å². The summed E-state index contributed by atoms with van der Waals surface area (Å²) >= 11 is 5.67. The zero-order chi connectivity index (χ0) is 7.98. The van der Waals surface area contributed by atoms with Crippen LogP contribution in [-0.4, -0.2) is 12.0 Å². The average Bonchev–Trinajstić information content (AvgIpc) is 1.85. The SMILES string of the molecule is CC/C=C(\C)OCC(C)Cl. The fraction of sp³-hybridized carbons (Fsp3) is 0.750. The van der Waals surface area contributed by atoms with Gasteiger partial charge in [0.2, 0.25) is 0 Å². The average molecular weight is 163 g/mol. The highest BCUT2D eigenvalue weighted by atomic mass is 35.5. The maximum Gasteiger partial charge on any atom is 0.104 e. The second-order valence-electron chi connectivity index (χ2n) is 2.31. The molecule has 2 heteroatoms. The second kappa shape index (κ2) is 5.60. The Hall–Kier alpha value is -0.170. The highest BCUT2D eigenvalue weighted by Gasteiger charge is 1.95. The summed E-state index contributed by atoms with van der Waals surface area (Å²) in [4.78, 5) is 0. The molecule has 0 saturated carbocycles. The smallest absolute Gasteiger partial charge is 0.104 e. The fourth-order valence-electron chi connectivity index (χ4n) is 0.593. The van der Waals surface area contributed by atoms with Crippen LogP contribution in [0.4, 0.5) is 0 Å². The van der Waals surface area contributed by atoms with Gasteiger partial charge in [0.15, 0.2) is 0 Å². The molecule has 0 heterocycles. The number of alkyl halides is 1. The van der Waals surface area contributed by atoms with Gasteiger partial charge in [0.05, 0.1) is 11.1 Å². The third-order valence-electron chi connectivity index (χ3n) is 1.03. The van der Waals surface area contributed by atoms with Gasteiger partial charge < -0.3 is 4.74 Å². The minimum atomic E-state index is 0.0974. The molecule has 0 fully saturated rings. The zero-order valence-electron chi connectivity index (χ0n) is 6.86. The number of halogens is 1. The van der Waals surface area contributed by atoms with Crippen molar-refractivity contribution in [3.05, 3.63) is 11.8 Å². The largest absolute Gasteiger partial charge is 0.497 e. The molecule has 1 atom stereocenters. The molecule has 0 aliphatic carbocycles. The van der Waals surface area contributed by atoms with Crippen molar-refractivity contribution in [1.82, 2.24) is 0 Å². The Morgan fingerprint density at radius 3 is 2.70 bits per heavy atom. The lowest BCUT2D eigenvalue weighted by atomic mass is 10.4. The number of ether oxygens (including phenoxy) is 1. The van der Waals surface area contributed by atoms with Gasteiger partial charge in [-0.1, -0.05) is 6.92 Å². The molecule has 0 spiro atoms. The van der Waals surface area contributed by atoms with Crippen LogP contribution in [0.25, 0.3) is 0 Å². The molecule has 0 N–H and O–H groups in total. The molecule has 60 valence electrons. The van der Waals surface area contributed by atoms with Crippen molar-refractivity contribution < 1.29 is 4.74 Å². The highest BCUT2D eigenvalue weighted by Crippen LogP contribution is 2.01.